The van der Waals surface area contributed by atoms with Gasteiger partial charge < -0.3 is 14.8 Å². The molecule has 0 bridgehead atoms. The number of hydrogen-bond donors (Lipinski definition) is 1. The van der Waals surface area contributed by atoms with Crippen LogP contribution in [0.3, 0.4) is 0 Å². The Hall–Kier alpha value is -2.52. The van der Waals surface area contributed by atoms with E-state index in [2.05, 4.69) is 5.32 Å². The quantitative estimate of drug-likeness (QED) is 0.250. The monoisotopic (exact) mass is 518 g/mol. The number of halogens is 4. The van der Waals surface area contributed by atoms with Gasteiger partial charge in [0.2, 0.25) is 0 Å². The number of ether oxygens (including phenoxy) is 2. The summed E-state index contributed by atoms with van der Waals surface area (Å²) in [5, 5.41) is 1.85. The fraction of sp³-hybridized carbons (Fsp3) is 0.200. The summed E-state index contributed by atoms with van der Waals surface area (Å²) in [6.45, 7) is -0.869. The summed E-state index contributed by atoms with van der Waals surface area (Å²) < 4.78 is 9.96. The number of carbonyl (C=O) groups excluding carboxylic acids is 4. The van der Waals surface area contributed by atoms with Crippen LogP contribution >= 0.6 is 46.4 Å². The zero-order chi connectivity index (χ0) is 23.6. The SMILES string of the molecule is COc1cccc(NC(=O)COC(=O)CCN2C(=O)c3c(Cl)c(Cl)c(Cl)c(Cl)c3C2=O)c1. The normalized spacial score (nSPS) is 12.6. The lowest BCUT2D eigenvalue weighted by Gasteiger charge is -2.13. The predicted octanol–water partition coefficient (Wildman–Crippen LogP) is 4.48. The number of amides is 3. The summed E-state index contributed by atoms with van der Waals surface area (Å²) in [5.41, 5.74) is 0.103. The van der Waals surface area contributed by atoms with Crippen molar-refractivity contribution < 1.29 is 28.7 Å². The Labute approximate surface area is 202 Å². The van der Waals surface area contributed by atoms with Crippen LogP contribution in [0, 0.1) is 0 Å². The van der Waals surface area contributed by atoms with Gasteiger partial charge in [0.15, 0.2) is 6.61 Å². The van der Waals surface area contributed by atoms with Crippen LogP contribution in [0.25, 0.3) is 0 Å². The lowest BCUT2D eigenvalue weighted by Crippen LogP contribution is -2.32. The number of rotatable bonds is 7. The minimum Gasteiger partial charge on any atom is -0.497 e. The van der Waals surface area contributed by atoms with Gasteiger partial charge in [-0.15, -0.1) is 0 Å². The van der Waals surface area contributed by atoms with Crippen LogP contribution < -0.4 is 10.1 Å². The number of carbonyl (C=O) groups is 4. The zero-order valence-corrected chi connectivity index (χ0v) is 19.4. The highest BCUT2D eigenvalue weighted by atomic mass is 35.5. The van der Waals surface area contributed by atoms with E-state index >= 15 is 0 Å². The Bertz CT molecular complexity index is 1090. The average Bonchev–Trinajstić information content (AvgIpc) is 3.03. The molecule has 12 heteroatoms. The molecule has 1 N–H and O–H groups in total. The van der Waals surface area contributed by atoms with E-state index in [4.69, 9.17) is 55.9 Å². The van der Waals surface area contributed by atoms with Crippen molar-refractivity contribution in [2.75, 3.05) is 25.6 Å². The summed E-state index contributed by atoms with van der Waals surface area (Å²) in [4.78, 5) is 50.0. The molecule has 0 aromatic heterocycles. The molecule has 3 amide bonds. The first kappa shape index (κ1) is 24.1. The minimum absolute atomic E-state index is 0.151. The Morgan fingerprint density at radius 2 is 1.56 bits per heavy atom. The molecule has 0 unspecified atom stereocenters. The van der Waals surface area contributed by atoms with E-state index in [1.807, 2.05) is 0 Å². The second-order valence-corrected chi connectivity index (χ2v) is 7.97. The second-order valence-electron chi connectivity index (χ2n) is 6.46. The van der Waals surface area contributed by atoms with E-state index in [9.17, 15) is 19.2 Å². The average molecular weight is 520 g/mol. The van der Waals surface area contributed by atoms with Gasteiger partial charge in [-0.3, -0.25) is 24.1 Å². The second kappa shape index (κ2) is 9.95. The highest BCUT2D eigenvalue weighted by Crippen LogP contribution is 2.44. The topological polar surface area (TPSA) is 102 Å². The van der Waals surface area contributed by atoms with Crippen molar-refractivity contribution in [2.24, 2.45) is 0 Å². The van der Waals surface area contributed by atoms with Crippen molar-refractivity contribution in [1.82, 2.24) is 4.90 Å². The molecular weight excluding hydrogens is 506 g/mol. The largest absolute Gasteiger partial charge is 0.497 e. The number of nitrogens with one attached hydrogen (secondary N) is 1. The molecule has 0 fully saturated rings. The highest BCUT2D eigenvalue weighted by Gasteiger charge is 2.41. The molecule has 2 aromatic carbocycles. The van der Waals surface area contributed by atoms with Gasteiger partial charge >= 0.3 is 5.97 Å². The Morgan fingerprint density at radius 3 is 2.12 bits per heavy atom. The lowest BCUT2D eigenvalue weighted by molar-refractivity contribution is -0.147. The lowest BCUT2D eigenvalue weighted by atomic mass is 10.1. The van der Waals surface area contributed by atoms with E-state index in [1.165, 1.54) is 7.11 Å². The first-order valence-electron chi connectivity index (χ1n) is 8.97. The van der Waals surface area contributed by atoms with Crippen molar-refractivity contribution >= 4 is 75.8 Å². The van der Waals surface area contributed by atoms with Gasteiger partial charge in [-0.05, 0) is 12.1 Å². The van der Waals surface area contributed by atoms with Crippen molar-refractivity contribution in [2.45, 2.75) is 6.42 Å². The number of imide groups is 1. The maximum absolute atomic E-state index is 12.6. The molecule has 0 aliphatic carbocycles. The van der Waals surface area contributed by atoms with E-state index < -0.39 is 30.3 Å². The van der Waals surface area contributed by atoms with Gasteiger partial charge in [0.1, 0.15) is 5.75 Å². The summed E-state index contributed by atoms with van der Waals surface area (Å²) in [6, 6.07) is 6.62. The molecule has 0 spiro atoms. The molecule has 0 saturated carbocycles. The number of nitrogens with zero attached hydrogens (tertiary/aromatic N) is 1. The smallest absolute Gasteiger partial charge is 0.308 e. The van der Waals surface area contributed by atoms with Crippen LogP contribution in [0.4, 0.5) is 5.69 Å². The number of anilines is 1. The molecule has 1 aliphatic heterocycles. The van der Waals surface area contributed by atoms with Gasteiger partial charge in [0.25, 0.3) is 17.7 Å². The van der Waals surface area contributed by atoms with Crippen molar-refractivity contribution in [3.63, 3.8) is 0 Å². The molecule has 0 atom stereocenters. The highest BCUT2D eigenvalue weighted by molar-refractivity contribution is 6.55. The van der Waals surface area contributed by atoms with Crippen LogP contribution in [0.15, 0.2) is 24.3 Å². The Morgan fingerprint density at radius 1 is 0.969 bits per heavy atom. The number of fused-ring (bicyclic) bond motifs is 1. The van der Waals surface area contributed by atoms with Gasteiger partial charge in [-0.1, -0.05) is 52.5 Å². The van der Waals surface area contributed by atoms with Crippen molar-refractivity contribution in [3.8, 4) is 5.75 Å². The third-order valence-corrected chi connectivity index (χ3v) is 6.24. The van der Waals surface area contributed by atoms with E-state index in [0.29, 0.717) is 11.4 Å². The number of benzene rings is 2. The third-order valence-electron chi connectivity index (χ3n) is 4.44. The summed E-state index contributed by atoms with van der Waals surface area (Å²) in [6.07, 6.45) is -0.353. The van der Waals surface area contributed by atoms with Crippen LogP contribution in [0.5, 0.6) is 5.75 Å². The molecule has 8 nitrogen and oxygen atoms in total. The van der Waals surface area contributed by atoms with Gasteiger partial charge in [0, 0.05) is 18.3 Å². The van der Waals surface area contributed by atoms with Gasteiger partial charge in [-0.2, -0.15) is 0 Å². The third kappa shape index (κ3) is 4.78. The molecule has 0 radical (unpaired) electrons. The van der Waals surface area contributed by atoms with Gasteiger partial charge in [-0.25, -0.2) is 0 Å². The number of hydrogen-bond acceptors (Lipinski definition) is 6. The number of esters is 1. The Kier molecular flexibility index (Phi) is 7.51. The summed E-state index contributed by atoms with van der Waals surface area (Å²) in [7, 11) is 1.49. The van der Waals surface area contributed by atoms with Crippen LogP contribution in [0.1, 0.15) is 27.1 Å². The molecule has 1 aliphatic rings. The fourth-order valence-electron chi connectivity index (χ4n) is 2.92. The molecule has 3 rings (SSSR count). The molecule has 1 heterocycles. The van der Waals surface area contributed by atoms with Crippen LogP contribution in [0.2, 0.25) is 20.1 Å². The maximum Gasteiger partial charge on any atom is 0.308 e. The molecule has 168 valence electrons. The van der Waals surface area contributed by atoms with Crippen LogP contribution in [-0.4, -0.2) is 48.9 Å². The van der Waals surface area contributed by atoms with Crippen molar-refractivity contribution in [1.29, 1.82) is 0 Å². The first-order valence-corrected chi connectivity index (χ1v) is 10.5. The maximum atomic E-state index is 12.6. The summed E-state index contributed by atoms with van der Waals surface area (Å²) in [5.74, 6) is -2.35. The van der Waals surface area contributed by atoms with Crippen LogP contribution in [-0.2, 0) is 14.3 Å². The minimum atomic E-state index is -0.796. The molecular formula is C20H14Cl4N2O6. The zero-order valence-electron chi connectivity index (χ0n) is 16.3. The van der Waals surface area contributed by atoms with Gasteiger partial charge in [0.05, 0.1) is 44.7 Å². The van der Waals surface area contributed by atoms with E-state index in [1.54, 1.807) is 24.3 Å². The van der Waals surface area contributed by atoms with Crippen molar-refractivity contribution in [3.05, 3.63) is 55.5 Å². The number of methoxy groups -OCH3 is 1. The fourth-order valence-corrected chi connectivity index (χ4v) is 3.93. The first-order chi connectivity index (χ1) is 15.1. The predicted molar refractivity (Wildman–Crippen MR) is 119 cm³/mol. The van der Waals surface area contributed by atoms with E-state index in [-0.39, 0.29) is 44.2 Å². The Balaban J connectivity index is 1.56. The molecule has 32 heavy (non-hydrogen) atoms. The summed E-state index contributed by atoms with van der Waals surface area (Å²) >= 11 is 24.0. The van der Waals surface area contributed by atoms with E-state index in [0.717, 1.165) is 4.90 Å². The standard InChI is InChI=1S/C20H14Cl4N2O6/c1-31-10-4-2-3-9(7-10)25-11(27)8-32-12(28)5-6-26-19(29)13-14(20(26)30)16(22)18(24)17(23)15(13)21/h2-4,7H,5-6,8H2,1H3,(H,25,27). The molecule has 0 saturated heterocycles. The molecule has 2 aromatic rings.